The minimum atomic E-state index is -0.116. The first-order valence-corrected chi connectivity index (χ1v) is 3.62. The first-order chi connectivity index (χ1) is 5.13. The molecule has 0 aromatic heterocycles. The van der Waals surface area contributed by atoms with Crippen molar-refractivity contribution in [2.24, 2.45) is 0 Å². The highest BCUT2D eigenvalue weighted by Crippen LogP contribution is 2.04. The van der Waals surface area contributed by atoms with E-state index in [0.717, 1.165) is 0 Å². The lowest BCUT2D eigenvalue weighted by Crippen LogP contribution is -2.05. The van der Waals surface area contributed by atoms with Crippen LogP contribution in [-0.2, 0) is 9.53 Å². The Morgan fingerprint density at radius 1 is 1.64 bits per heavy atom. The Bertz CT molecular complexity index is 190. The van der Waals surface area contributed by atoms with Crippen molar-refractivity contribution in [1.82, 2.24) is 0 Å². The third kappa shape index (κ3) is 3.03. The van der Waals surface area contributed by atoms with E-state index < -0.39 is 0 Å². The fourth-order valence-corrected chi connectivity index (χ4v) is 0.591. The standard InChI is InChI=1S/C9H14O2/c1-5-7(3)9(10)8(4)11-6-2/h5H,4,6H2,1-3H3. The number of Topliss-reactive ketones (excluding diaryl/α,β-unsaturated/α-hetero) is 1. The number of hydrogen-bond donors (Lipinski definition) is 0. The number of allylic oxidation sites excluding steroid dienone is 2. The summed E-state index contributed by atoms with van der Waals surface area (Å²) in [5.74, 6) is 0.109. The summed E-state index contributed by atoms with van der Waals surface area (Å²) in [4.78, 5) is 11.2. The van der Waals surface area contributed by atoms with E-state index in [9.17, 15) is 4.79 Å². The van der Waals surface area contributed by atoms with Crippen molar-refractivity contribution in [2.75, 3.05) is 6.61 Å². The molecule has 0 aliphatic rings. The van der Waals surface area contributed by atoms with Crippen molar-refractivity contribution in [3.05, 3.63) is 24.0 Å². The van der Waals surface area contributed by atoms with Gasteiger partial charge in [0.25, 0.3) is 0 Å². The SMILES string of the molecule is C=C(OCC)C(=O)C(C)=CC. The summed E-state index contributed by atoms with van der Waals surface area (Å²) < 4.78 is 4.94. The van der Waals surface area contributed by atoms with Gasteiger partial charge in [0.2, 0.25) is 5.78 Å². The lowest BCUT2D eigenvalue weighted by molar-refractivity contribution is -0.115. The predicted octanol–water partition coefficient (Wildman–Crippen LogP) is 2.07. The van der Waals surface area contributed by atoms with E-state index >= 15 is 0 Å². The third-order valence-corrected chi connectivity index (χ3v) is 1.36. The molecule has 2 heteroatoms. The van der Waals surface area contributed by atoms with Crippen molar-refractivity contribution in [3.63, 3.8) is 0 Å². The highest BCUT2D eigenvalue weighted by atomic mass is 16.5. The second-order valence-corrected chi connectivity index (χ2v) is 2.16. The van der Waals surface area contributed by atoms with Crippen molar-refractivity contribution >= 4 is 5.78 Å². The lowest BCUT2D eigenvalue weighted by atomic mass is 10.2. The zero-order valence-electron chi connectivity index (χ0n) is 7.31. The molecule has 0 saturated heterocycles. The molecule has 62 valence electrons. The highest BCUT2D eigenvalue weighted by Gasteiger charge is 2.08. The van der Waals surface area contributed by atoms with Gasteiger partial charge >= 0.3 is 0 Å². The van der Waals surface area contributed by atoms with Crippen LogP contribution in [0.1, 0.15) is 20.8 Å². The van der Waals surface area contributed by atoms with Crippen molar-refractivity contribution in [3.8, 4) is 0 Å². The van der Waals surface area contributed by atoms with Gasteiger partial charge in [-0.1, -0.05) is 12.7 Å². The van der Waals surface area contributed by atoms with Crippen LogP contribution in [0.25, 0.3) is 0 Å². The Hall–Kier alpha value is -1.05. The Kier molecular flexibility index (Phi) is 4.27. The molecule has 0 fully saturated rings. The molecule has 0 aliphatic heterocycles. The van der Waals surface area contributed by atoms with Crippen LogP contribution >= 0.6 is 0 Å². The number of ether oxygens (including phenoxy) is 1. The van der Waals surface area contributed by atoms with Crippen LogP contribution in [0.3, 0.4) is 0 Å². The van der Waals surface area contributed by atoms with E-state index in [0.29, 0.717) is 12.2 Å². The molecule has 0 aromatic rings. The van der Waals surface area contributed by atoms with Crippen LogP contribution in [0.2, 0.25) is 0 Å². The van der Waals surface area contributed by atoms with Gasteiger partial charge in [-0.25, -0.2) is 0 Å². The fourth-order valence-electron chi connectivity index (χ4n) is 0.591. The quantitative estimate of drug-likeness (QED) is 0.457. The number of hydrogen-bond acceptors (Lipinski definition) is 2. The summed E-state index contributed by atoms with van der Waals surface area (Å²) in [5, 5.41) is 0. The van der Waals surface area contributed by atoms with E-state index in [1.165, 1.54) is 0 Å². The molecule has 0 N–H and O–H groups in total. The van der Waals surface area contributed by atoms with Crippen LogP contribution in [0.5, 0.6) is 0 Å². The molecular weight excluding hydrogens is 140 g/mol. The number of ketones is 1. The third-order valence-electron chi connectivity index (χ3n) is 1.36. The topological polar surface area (TPSA) is 26.3 Å². The van der Waals surface area contributed by atoms with Crippen molar-refractivity contribution in [1.29, 1.82) is 0 Å². The Morgan fingerprint density at radius 2 is 2.18 bits per heavy atom. The van der Waals surface area contributed by atoms with Gasteiger partial charge in [-0.2, -0.15) is 0 Å². The summed E-state index contributed by atoms with van der Waals surface area (Å²) in [6.07, 6.45) is 1.74. The predicted molar refractivity (Wildman–Crippen MR) is 45.2 cm³/mol. The van der Waals surface area contributed by atoms with Gasteiger partial charge in [0.1, 0.15) is 0 Å². The largest absolute Gasteiger partial charge is 0.490 e. The van der Waals surface area contributed by atoms with Gasteiger partial charge in [0.15, 0.2) is 5.76 Å². The summed E-state index contributed by atoms with van der Waals surface area (Å²) in [5.41, 5.74) is 0.670. The maximum absolute atomic E-state index is 11.2. The molecule has 11 heavy (non-hydrogen) atoms. The van der Waals surface area contributed by atoms with Crippen LogP contribution in [0, 0.1) is 0 Å². The van der Waals surface area contributed by atoms with Crippen molar-refractivity contribution in [2.45, 2.75) is 20.8 Å². The molecular formula is C9H14O2. The first kappa shape index (κ1) is 9.95. The maximum Gasteiger partial charge on any atom is 0.222 e. The van der Waals surface area contributed by atoms with E-state index in [1.54, 1.807) is 13.0 Å². The average molecular weight is 154 g/mol. The number of carbonyl (C=O) groups is 1. The molecule has 0 unspecified atom stereocenters. The minimum Gasteiger partial charge on any atom is -0.490 e. The second-order valence-electron chi connectivity index (χ2n) is 2.16. The zero-order valence-corrected chi connectivity index (χ0v) is 7.31. The van der Waals surface area contributed by atoms with Crippen LogP contribution in [-0.4, -0.2) is 12.4 Å². The zero-order chi connectivity index (χ0) is 8.85. The highest BCUT2D eigenvalue weighted by molar-refractivity contribution is 6.05. The van der Waals surface area contributed by atoms with E-state index in [-0.39, 0.29) is 11.5 Å². The maximum atomic E-state index is 11.2. The summed E-state index contributed by atoms with van der Waals surface area (Å²) >= 11 is 0. The van der Waals surface area contributed by atoms with Gasteiger partial charge in [0, 0.05) is 0 Å². The minimum absolute atomic E-state index is 0.116. The second kappa shape index (κ2) is 4.72. The van der Waals surface area contributed by atoms with E-state index in [2.05, 4.69) is 6.58 Å². The smallest absolute Gasteiger partial charge is 0.222 e. The fraction of sp³-hybridized carbons (Fsp3) is 0.444. The summed E-state index contributed by atoms with van der Waals surface area (Å²) in [6.45, 7) is 9.37. The Balaban J connectivity index is 4.15. The molecule has 0 bridgehead atoms. The Labute approximate surface area is 67.6 Å². The van der Waals surface area contributed by atoms with Gasteiger partial charge in [0.05, 0.1) is 6.61 Å². The summed E-state index contributed by atoms with van der Waals surface area (Å²) in [6, 6.07) is 0. The van der Waals surface area contributed by atoms with Crippen LogP contribution < -0.4 is 0 Å². The molecule has 0 saturated carbocycles. The number of carbonyl (C=O) groups excluding carboxylic acids is 1. The molecule has 0 aliphatic carbocycles. The normalized spacial score (nSPS) is 11.0. The van der Waals surface area contributed by atoms with Gasteiger partial charge in [-0.15, -0.1) is 0 Å². The Morgan fingerprint density at radius 3 is 2.55 bits per heavy atom. The summed E-state index contributed by atoms with van der Waals surface area (Å²) in [7, 11) is 0. The van der Waals surface area contributed by atoms with E-state index in [4.69, 9.17) is 4.74 Å². The molecule has 0 radical (unpaired) electrons. The molecule has 0 amide bonds. The molecule has 0 aromatic carbocycles. The molecule has 0 rings (SSSR count). The van der Waals surface area contributed by atoms with Gasteiger partial charge < -0.3 is 4.74 Å². The van der Waals surface area contributed by atoms with Gasteiger partial charge in [-0.3, -0.25) is 4.79 Å². The molecule has 0 heterocycles. The molecule has 0 spiro atoms. The van der Waals surface area contributed by atoms with Gasteiger partial charge in [-0.05, 0) is 26.3 Å². The lowest BCUT2D eigenvalue weighted by Gasteiger charge is -2.04. The molecule has 0 atom stereocenters. The van der Waals surface area contributed by atoms with E-state index in [1.807, 2.05) is 13.8 Å². The van der Waals surface area contributed by atoms with Crippen molar-refractivity contribution < 1.29 is 9.53 Å². The van der Waals surface area contributed by atoms with Crippen LogP contribution in [0.4, 0.5) is 0 Å². The first-order valence-electron chi connectivity index (χ1n) is 3.62. The average Bonchev–Trinajstić information content (AvgIpc) is 2.02. The monoisotopic (exact) mass is 154 g/mol. The number of rotatable bonds is 4. The molecule has 2 nitrogen and oxygen atoms in total. The van der Waals surface area contributed by atoms with Crippen LogP contribution in [0.15, 0.2) is 24.0 Å².